The van der Waals surface area contributed by atoms with Crippen molar-refractivity contribution >= 4 is 46.7 Å². The van der Waals surface area contributed by atoms with Gasteiger partial charge in [-0.05, 0) is 68.4 Å². The van der Waals surface area contributed by atoms with Gasteiger partial charge in [-0.3, -0.25) is 19.3 Å². The SMILES string of the molecule is C=CCOC(=O)C1C(C(=O)N(C)C23CC4CC(CC(C4)C2)C3)C2CC(F)(F)CN2C12C(=O)Nc1c(Cl)cc(Cl)cc12. The number of carbonyl (C=O) groups excluding carboxylic acids is 3. The van der Waals surface area contributed by atoms with Crippen LogP contribution >= 0.6 is 23.2 Å². The number of benzene rings is 1. The average Bonchev–Trinajstić information content (AvgIpc) is 3.46. The number of nitrogens with one attached hydrogen (secondary N) is 1. The summed E-state index contributed by atoms with van der Waals surface area (Å²) in [5, 5.41) is 3.04. The smallest absolute Gasteiger partial charge is 0.312 e. The van der Waals surface area contributed by atoms with Crippen LogP contribution in [0.1, 0.15) is 50.5 Å². The lowest BCUT2D eigenvalue weighted by molar-refractivity contribution is -0.164. The quantitative estimate of drug-likeness (QED) is 0.365. The summed E-state index contributed by atoms with van der Waals surface area (Å²) in [4.78, 5) is 45.9. The Morgan fingerprint density at radius 2 is 1.78 bits per heavy atom. The molecule has 4 atom stereocenters. The molecule has 2 amide bonds. The van der Waals surface area contributed by atoms with Gasteiger partial charge >= 0.3 is 5.97 Å². The van der Waals surface area contributed by atoms with Gasteiger partial charge in [-0.15, -0.1) is 0 Å². The first kappa shape index (κ1) is 27.6. The molecule has 6 fully saturated rings. The minimum Gasteiger partial charge on any atom is -0.461 e. The van der Waals surface area contributed by atoms with Gasteiger partial charge in [0.25, 0.3) is 11.8 Å². The highest BCUT2D eigenvalue weighted by molar-refractivity contribution is 6.38. The summed E-state index contributed by atoms with van der Waals surface area (Å²) < 4.78 is 36.1. The van der Waals surface area contributed by atoms with Crippen molar-refractivity contribution in [1.29, 1.82) is 0 Å². The Hall–Kier alpha value is -2.23. The second-order valence-corrected chi connectivity index (χ2v) is 14.1. The molecule has 4 aliphatic carbocycles. The number of alkyl halides is 2. The number of esters is 1. The highest BCUT2D eigenvalue weighted by Gasteiger charge is 2.75. The fourth-order valence-corrected chi connectivity index (χ4v) is 10.5. The summed E-state index contributed by atoms with van der Waals surface area (Å²) in [6, 6.07) is 1.86. The van der Waals surface area contributed by atoms with Gasteiger partial charge in [0, 0.05) is 35.6 Å². The van der Waals surface area contributed by atoms with E-state index < -0.39 is 54.2 Å². The molecule has 2 saturated heterocycles. The Kier molecular flexibility index (Phi) is 6.15. The first-order chi connectivity index (χ1) is 19.4. The van der Waals surface area contributed by atoms with Crippen LogP contribution in [0.3, 0.4) is 0 Å². The molecule has 4 unspecified atom stereocenters. The molecule has 4 bridgehead atoms. The molecule has 11 heteroatoms. The summed E-state index contributed by atoms with van der Waals surface area (Å²) in [6.45, 7) is 2.67. The molecule has 4 saturated carbocycles. The highest BCUT2D eigenvalue weighted by atomic mass is 35.5. The van der Waals surface area contributed by atoms with E-state index in [0.29, 0.717) is 17.8 Å². The normalized spacial score (nSPS) is 39.5. The first-order valence-corrected chi connectivity index (χ1v) is 15.2. The van der Waals surface area contributed by atoms with Crippen LogP contribution in [-0.4, -0.2) is 65.3 Å². The molecule has 0 radical (unpaired) electrons. The maximum Gasteiger partial charge on any atom is 0.312 e. The Morgan fingerprint density at radius 1 is 1.15 bits per heavy atom. The Balaban J connectivity index is 1.38. The van der Waals surface area contributed by atoms with E-state index in [1.165, 1.54) is 42.4 Å². The standard InChI is InChI=1S/C30H33Cl2F2N3O4/c1-3-4-41-26(39)23-22(25(38)36(2)28-10-15-5-16(11-28)7-17(6-15)12-28)21-13-29(33,34)14-37(21)30(23)19-8-18(31)9-20(32)24(19)35-27(30)40/h3,8-9,15-17,21-23H,1,4-7,10-14H2,2H3,(H,35,40). The van der Waals surface area contributed by atoms with Crippen LogP contribution in [0.25, 0.3) is 0 Å². The van der Waals surface area contributed by atoms with Crippen molar-refractivity contribution in [3.8, 4) is 0 Å². The number of amides is 2. The molecule has 3 aliphatic heterocycles. The third kappa shape index (κ3) is 3.80. The van der Waals surface area contributed by atoms with Gasteiger partial charge in [0.1, 0.15) is 18.1 Å². The molecule has 8 rings (SSSR count). The minimum absolute atomic E-state index is 0.124. The van der Waals surface area contributed by atoms with Gasteiger partial charge in [0.05, 0.1) is 23.2 Å². The van der Waals surface area contributed by atoms with Crippen molar-refractivity contribution in [2.75, 3.05) is 25.5 Å². The third-order valence-corrected chi connectivity index (χ3v) is 11.5. The van der Waals surface area contributed by atoms with E-state index in [2.05, 4.69) is 11.9 Å². The second kappa shape index (κ2) is 9.13. The van der Waals surface area contributed by atoms with Gasteiger partial charge in [-0.25, -0.2) is 8.78 Å². The predicted molar refractivity (Wildman–Crippen MR) is 149 cm³/mol. The van der Waals surface area contributed by atoms with Crippen molar-refractivity contribution in [1.82, 2.24) is 9.80 Å². The zero-order valence-corrected chi connectivity index (χ0v) is 24.3. The molecule has 1 spiro atoms. The lowest BCUT2D eigenvalue weighted by Crippen LogP contribution is -2.62. The fraction of sp³-hybridized carbons (Fsp3) is 0.633. The van der Waals surface area contributed by atoms with Gasteiger partial charge in [0.15, 0.2) is 0 Å². The second-order valence-electron chi connectivity index (χ2n) is 13.2. The predicted octanol–water partition coefficient (Wildman–Crippen LogP) is 5.25. The number of nitrogens with zero attached hydrogens (tertiary/aromatic N) is 2. The molecular weight excluding hydrogens is 575 g/mol. The minimum atomic E-state index is -3.17. The largest absolute Gasteiger partial charge is 0.461 e. The van der Waals surface area contributed by atoms with Crippen LogP contribution < -0.4 is 5.32 Å². The highest BCUT2D eigenvalue weighted by Crippen LogP contribution is 2.63. The van der Waals surface area contributed by atoms with Gasteiger partial charge in [-0.1, -0.05) is 35.9 Å². The molecule has 7 aliphatic rings. The molecule has 0 aromatic heterocycles. The van der Waals surface area contributed by atoms with Crippen molar-refractivity contribution < 1.29 is 27.9 Å². The van der Waals surface area contributed by atoms with E-state index in [0.717, 1.165) is 19.3 Å². The van der Waals surface area contributed by atoms with Crippen LogP contribution in [0.15, 0.2) is 24.8 Å². The monoisotopic (exact) mass is 607 g/mol. The molecule has 3 heterocycles. The maximum atomic E-state index is 15.3. The molecular formula is C30H33Cl2F2N3O4. The van der Waals surface area contributed by atoms with E-state index in [-0.39, 0.29) is 39.3 Å². The molecule has 1 aromatic carbocycles. The average molecular weight is 609 g/mol. The number of hydrogen-bond acceptors (Lipinski definition) is 5. The van der Waals surface area contributed by atoms with Crippen molar-refractivity contribution in [2.24, 2.45) is 29.6 Å². The van der Waals surface area contributed by atoms with Gasteiger partial charge < -0.3 is 15.0 Å². The van der Waals surface area contributed by atoms with Crippen molar-refractivity contribution in [3.05, 3.63) is 40.4 Å². The van der Waals surface area contributed by atoms with Crippen molar-refractivity contribution in [3.63, 3.8) is 0 Å². The zero-order valence-electron chi connectivity index (χ0n) is 22.8. The molecule has 1 aromatic rings. The molecule has 220 valence electrons. The molecule has 1 N–H and O–H groups in total. The van der Waals surface area contributed by atoms with Gasteiger partial charge in [-0.2, -0.15) is 0 Å². The third-order valence-electron chi connectivity index (χ3n) is 11.0. The summed E-state index contributed by atoms with van der Waals surface area (Å²) in [5.74, 6) is -6.03. The summed E-state index contributed by atoms with van der Waals surface area (Å²) >= 11 is 12.8. The Bertz CT molecular complexity index is 1340. The zero-order chi connectivity index (χ0) is 29.1. The molecule has 41 heavy (non-hydrogen) atoms. The number of anilines is 1. The van der Waals surface area contributed by atoms with Crippen LogP contribution in [0.5, 0.6) is 0 Å². The lowest BCUT2D eigenvalue weighted by Gasteiger charge is -2.60. The fourth-order valence-electron chi connectivity index (χ4n) is 9.93. The van der Waals surface area contributed by atoms with Gasteiger partial charge in [0.2, 0.25) is 5.91 Å². The van der Waals surface area contributed by atoms with Crippen molar-refractivity contribution in [2.45, 2.75) is 68.0 Å². The van der Waals surface area contributed by atoms with E-state index >= 15 is 8.78 Å². The maximum absolute atomic E-state index is 15.3. The van der Waals surface area contributed by atoms with Crippen LogP contribution in [0.2, 0.25) is 10.0 Å². The number of halogens is 4. The number of ether oxygens (including phenoxy) is 1. The van der Waals surface area contributed by atoms with E-state index in [4.69, 9.17) is 27.9 Å². The van der Waals surface area contributed by atoms with Crippen LogP contribution in [0, 0.1) is 29.6 Å². The van der Waals surface area contributed by atoms with Crippen LogP contribution in [-0.2, 0) is 24.7 Å². The summed E-state index contributed by atoms with van der Waals surface area (Å²) in [5.41, 5.74) is -1.88. The number of carbonyl (C=O) groups is 3. The van der Waals surface area contributed by atoms with E-state index in [1.807, 2.05) is 0 Å². The van der Waals surface area contributed by atoms with E-state index in [1.54, 1.807) is 11.9 Å². The Morgan fingerprint density at radius 3 is 2.39 bits per heavy atom. The Labute approximate surface area is 247 Å². The topological polar surface area (TPSA) is 79.0 Å². The summed E-state index contributed by atoms with van der Waals surface area (Å²) in [7, 11) is 1.76. The number of rotatable bonds is 5. The first-order valence-electron chi connectivity index (χ1n) is 14.4. The molecule has 7 nitrogen and oxygen atoms in total. The summed E-state index contributed by atoms with van der Waals surface area (Å²) in [6.07, 6.45) is 6.89. The lowest BCUT2D eigenvalue weighted by atomic mass is 9.52. The van der Waals surface area contributed by atoms with E-state index in [9.17, 15) is 14.4 Å². The van der Waals surface area contributed by atoms with Crippen LogP contribution in [0.4, 0.5) is 14.5 Å². The number of hydrogen-bond donors (Lipinski definition) is 1. The number of fused-ring (bicyclic) bond motifs is 4.